The lowest BCUT2D eigenvalue weighted by atomic mass is 11.5. The lowest BCUT2D eigenvalue weighted by molar-refractivity contribution is 0.238. The Balaban J connectivity index is 3.60. The number of hydrogen-bond acceptors (Lipinski definition) is 4. The molecule has 0 fully saturated rings. The minimum Gasteiger partial charge on any atom is -0.746 e. The minimum absolute atomic E-state index is 0.743. The van der Waals surface area contributed by atoms with Gasteiger partial charge in [-0.1, -0.05) is 0 Å². The lowest BCUT2D eigenvalue weighted by Gasteiger charge is -2.01. The number of ether oxygens (including phenoxy) is 1. The molecule has 0 aliphatic carbocycles. The molecular weight excluding hydrogens is 120 g/mol. The molecule has 5 heteroatoms. The van der Waals surface area contributed by atoms with Gasteiger partial charge < -0.3 is 9.29 Å². The summed E-state index contributed by atoms with van der Waals surface area (Å²) in [5, 5.41) is 0. The van der Waals surface area contributed by atoms with Gasteiger partial charge in [0.2, 0.25) is 0 Å². The van der Waals surface area contributed by atoms with E-state index in [1.54, 1.807) is 0 Å². The first-order valence-electron chi connectivity index (χ1n) is 1.49. The average molecular weight is 125 g/mol. The first-order chi connectivity index (χ1) is 3.06. The Hall–Kier alpha value is -0.130. The van der Waals surface area contributed by atoms with Crippen LogP contribution in [0.5, 0.6) is 0 Å². The molecule has 0 aromatic carbocycles. The summed E-state index contributed by atoms with van der Waals surface area (Å²) in [5.41, 5.74) is 0. The zero-order valence-electron chi connectivity index (χ0n) is 3.75. The van der Waals surface area contributed by atoms with Crippen LogP contribution in [-0.4, -0.2) is 26.0 Å². The van der Waals surface area contributed by atoms with E-state index in [1.807, 2.05) is 0 Å². The van der Waals surface area contributed by atoms with Gasteiger partial charge in [0.1, 0.15) is 16.1 Å². The second-order valence-corrected chi connectivity index (χ2v) is 2.32. The van der Waals surface area contributed by atoms with Crippen molar-refractivity contribution in [1.29, 1.82) is 0 Å². The minimum atomic E-state index is -4.15. The van der Waals surface area contributed by atoms with Crippen LogP contribution in [0.1, 0.15) is 0 Å². The van der Waals surface area contributed by atoms with Crippen LogP contribution in [0.3, 0.4) is 0 Å². The summed E-state index contributed by atoms with van der Waals surface area (Å²) < 4.78 is 32.7. The summed E-state index contributed by atoms with van der Waals surface area (Å²) in [6, 6.07) is 0. The van der Waals surface area contributed by atoms with Gasteiger partial charge in [0.05, 0.1) is 0 Å². The third-order valence-corrected chi connectivity index (χ3v) is 0.787. The summed E-state index contributed by atoms with van der Waals surface area (Å²) in [4.78, 5) is 0. The van der Waals surface area contributed by atoms with Gasteiger partial charge in [0.25, 0.3) is 0 Å². The molecule has 0 unspecified atom stereocenters. The lowest BCUT2D eigenvalue weighted by Crippen LogP contribution is -2.04. The van der Waals surface area contributed by atoms with Crippen LogP contribution < -0.4 is 0 Å². The maximum absolute atomic E-state index is 9.55. The zero-order valence-corrected chi connectivity index (χ0v) is 4.56. The summed E-state index contributed by atoms with van der Waals surface area (Å²) in [6.07, 6.45) is 0. The summed E-state index contributed by atoms with van der Waals surface area (Å²) in [6.45, 7) is 0. The fraction of sp³-hybridized carbons (Fsp3) is 1.00. The van der Waals surface area contributed by atoms with Crippen molar-refractivity contribution in [3.05, 3.63) is 0 Å². The van der Waals surface area contributed by atoms with Gasteiger partial charge in [-0.05, 0) is 0 Å². The standard InChI is InChI=1S/C2H6O4S/c1-6-2-7(3,4)5/h2H2,1H3,(H,3,4,5)/p-1. The molecule has 0 rings (SSSR count). The molecule has 0 aromatic heterocycles. The van der Waals surface area contributed by atoms with E-state index < -0.39 is 16.1 Å². The van der Waals surface area contributed by atoms with E-state index in [4.69, 9.17) is 0 Å². The van der Waals surface area contributed by atoms with Crippen molar-refractivity contribution < 1.29 is 17.7 Å². The molecule has 0 aliphatic rings. The SMILES string of the molecule is COCS(=O)(=O)[O-]. The Labute approximate surface area is 41.8 Å². The predicted octanol–water partition coefficient (Wildman–Crippen LogP) is -0.864. The van der Waals surface area contributed by atoms with E-state index in [-0.39, 0.29) is 0 Å². The van der Waals surface area contributed by atoms with E-state index >= 15 is 0 Å². The van der Waals surface area contributed by atoms with Crippen LogP contribution >= 0.6 is 0 Å². The van der Waals surface area contributed by atoms with Crippen molar-refractivity contribution in [2.75, 3.05) is 13.0 Å². The molecule has 0 aliphatic heterocycles. The van der Waals surface area contributed by atoms with Gasteiger partial charge in [-0.2, -0.15) is 0 Å². The molecule has 0 aromatic rings. The highest BCUT2D eigenvalue weighted by molar-refractivity contribution is 7.85. The molecule has 4 nitrogen and oxygen atoms in total. The van der Waals surface area contributed by atoms with Gasteiger partial charge >= 0.3 is 0 Å². The highest BCUT2D eigenvalue weighted by Crippen LogP contribution is 1.77. The summed E-state index contributed by atoms with van der Waals surface area (Å²) >= 11 is 0. The monoisotopic (exact) mass is 125 g/mol. The molecule has 0 N–H and O–H groups in total. The van der Waals surface area contributed by atoms with Gasteiger partial charge in [-0.3, -0.25) is 0 Å². The first kappa shape index (κ1) is 6.87. The van der Waals surface area contributed by atoms with Crippen LogP contribution in [0.25, 0.3) is 0 Å². The quantitative estimate of drug-likeness (QED) is 0.450. The fourth-order valence-corrected chi connectivity index (χ4v) is 0.433. The predicted molar refractivity (Wildman–Crippen MR) is 21.6 cm³/mol. The summed E-state index contributed by atoms with van der Waals surface area (Å²) in [7, 11) is -3.00. The molecule has 0 heterocycles. The van der Waals surface area contributed by atoms with Gasteiger partial charge in [0.15, 0.2) is 0 Å². The highest BCUT2D eigenvalue weighted by atomic mass is 32.2. The zero-order chi connectivity index (χ0) is 5.91. The second-order valence-electron chi connectivity index (χ2n) is 0.964. The summed E-state index contributed by atoms with van der Waals surface area (Å²) in [5.74, 6) is -0.743. The topological polar surface area (TPSA) is 66.4 Å². The Morgan fingerprint density at radius 1 is 1.71 bits per heavy atom. The van der Waals surface area contributed by atoms with Gasteiger partial charge in [0, 0.05) is 7.11 Å². The van der Waals surface area contributed by atoms with Crippen molar-refractivity contribution in [2.24, 2.45) is 0 Å². The van der Waals surface area contributed by atoms with E-state index in [2.05, 4.69) is 4.74 Å². The van der Waals surface area contributed by atoms with E-state index in [9.17, 15) is 13.0 Å². The molecule has 0 amide bonds. The maximum Gasteiger partial charge on any atom is 0.136 e. The molecule has 0 spiro atoms. The van der Waals surface area contributed by atoms with Crippen molar-refractivity contribution in [2.45, 2.75) is 0 Å². The molecule has 44 valence electrons. The van der Waals surface area contributed by atoms with Crippen molar-refractivity contribution in [3.63, 3.8) is 0 Å². The molecule has 7 heavy (non-hydrogen) atoms. The first-order valence-corrected chi connectivity index (χ1v) is 3.06. The van der Waals surface area contributed by atoms with Crippen LogP contribution in [-0.2, 0) is 14.9 Å². The smallest absolute Gasteiger partial charge is 0.136 e. The molecule has 0 bridgehead atoms. The highest BCUT2D eigenvalue weighted by Gasteiger charge is 1.86. The van der Waals surface area contributed by atoms with Crippen molar-refractivity contribution >= 4 is 10.1 Å². The van der Waals surface area contributed by atoms with E-state index in [0.717, 1.165) is 7.11 Å². The van der Waals surface area contributed by atoms with Gasteiger partial charge in [-0.15, -0.1) is 0 Å². The third kappa shape index (κ3) is 5.87. The number of methoxy groups -OCH3 is 1. The van der Waals surface area contributed by atoms with Crippen LogP contribution in [0.4, 0.5) is 0 Å². The number of rotatable bonds is 2. The Kier molecular flexibility index (Phi) is 2.21. The van der Waals surface area contributed by atoms with E-state index in [1.165, 1.54) is 0 Å². The van der Waals surface area contributed by atoms with Crippen molar-refractivity contribution in [3.8, 4) is 0 Å². The van der Waals surface area contributed by atoms with E-state index in [0.29, 0.717) is 0 Å². The Bertz CT molecular complexity index is 123. The molecule has 0 saturated carbocycles. The second kappa shape index (κ2) is 2.25. The molecule has 0 saturated heterocycles. The average Bonchev–Trinajstić information content (AvgIpc) is 1.30. The van der Waals surface area contributed by atoms with Gasteiger partial charge in [-0.25, -0.2) is 8.42 Å². The molecule has 0 atom stereocenters. The number of hydrogen-bond donors (Lipinski definition) is 0. The fourth-order valence-electron chi connectivity index (χ4n) is 0.144. The normalized spacial score (nSPS) is 11.7. The molecule has 0 radical (unpaired) electrons. The van der Waals surface area contributed by atoms with Crippen LogP contribution in [0.15, 0.2) is 0 Å². The largest absolute Gasteiger partial charge is 0.746 e. The van der Waals surface area contributed by atoms with Crippen molar-refractivity contribution in [1.82, 2.24) is 0 Å². The maximum atomic E-state index is 9.55. The third-order valence-electron chi connectivity index (χ3n) is 0.262. The molecular formula is C2H5O4S-. The Morgan fingerprint density at radius 3 is 2.14 bits per heavy atom. The Morgan fingerprint density at radius 2 is 2.14 bits per heavy atom. The van der Waals surface area contributed by atoms with Crippen LogP contribution in [0.2, 0.25) is 0 Å². The van der Waals surface area contributed by atoms with Crippen LogP contribution in [0, 0.1) is 0 Å².